The number of alkyl halides is 3. The maximum Gasteiger partial charge on any atom is 0.389 e. The van der Waals surface area contributed by atoms with Crippen molar-refractivity contribution < 1.29 is 26.3 Å². The first kappa shape index (κ1) is 15.7. The van der Waals surface area contributed by atoms with Crippen LogP contribution in [0.5, 0.6) is 0 Å². The van der Waals surface area contributed by atoms with E-state index in [9.17, 15) is 21.6 Å². The van der Waals surface area contributed by atoms with Crippen molar-refractivity contribution in [1.29, 1.82) is 0 Å². The van der Waals surface area contributed by atoms with Crippen molar-refractivity contribution in [3.05, 3.63) is 0 Å². The van der Waals surface area contributed by atoms with E-state index >= 15 is 0 Å². The molecule has 1 aliphatic rings. The van der Waals surface area contributed by atoms with E-state index in [1.165, 1.54) is 0 Å². The first-order valence-electron chi connectivity index (χ1n) is 5.64. The summed E-state index contributed by atoms with van der Waals surface area (Å²) >= 11 is 0. The fraction of sp³-hybridized carbons (Fsp3) is 1.00. The highest BCUT2D eigenvalue weighted by atomic mass is 32.2. The van der Waals surface area contributed by atoms with Gasteiger partial charge in [0.05, 0.1) is 19.0 Å². The average Bonchev–Trinajstić information content (AvgIpc) is 2.26. The van der Waals surface area contributed by atoms with Crippen molar-refractivity contribution >= 4 is 10.0 Å². The van der Waals surface area contributed by atoms with Crippen molar-refractivity contribution in [1.82, 2.24) is 10.0 Å². The van der Waals surface area contributed by atoms with Gasteiger partial charge in [0.2, 0.25) is 10.0 Å². The van der Waals surface area contributed by atoms with E-state index in [1.807, 2.05) is 0 Å². The lowest BCUT2D eigenvalue weighted by molar-refractivity contribution is -0.134. The molecular weight excluding hydrogens is 273 g/mol. The number of hydrogen-bond donors (Lipinski definition) is 2. The van der Waals surface area contributed by atoms with Crippen LogP contribution in [0, 0.1) is 0 Å². The molecule has 18 heavy (non-hydrogen) atoms. The van der Waals surface area contributed by atoms with Gasteiger partial charge in [0.25, 0.3) is 0 Å². The van der Waals surface area contributed by atoms with Crippen LogP contribution in [-0.4, -0.2) is 52.7 Å². The zero-order valence-electron chi connectivity index (χ0n) is 9.79. The van der Waals surface area contributed by atoms with Gasteiger partial charge in [0.15, 0.2) is 0 Å². The highest BCUT2D eigenvalue weighted by molar-refractivity contribution is 7.89. The molecule has 2 N–H and O–H groups in total. The molecule has 9 heteroatoms. The van der Waals surface area contributed by atoms with E-state index in [0.717, 1.165) is 0 Å². The van der Waals surface area contributed by atoms with Crippen LogP contribution in [0.3, 0.4) is 0 Å². The van der Waals surface area contributed by atoms with E-state index in [0.29, 0.717) is 19.8 Å². The van der Waals surface area contributed by atoms with E-state index in [-0.39, 0.29) is 12.6 Å². The first-order chi connectivity index (χ1) is 8.29. The summed E-state index contributed by atoms with van der Waals surface area (Å²) in [4.78, 5) is 0. The van der Waals surface area contributed by atoms with Crippen molar-refractivity contribution in [2.24, 2.45) is 0 Å². The molecule has 0 aliphatic carbocycles. The molecule has 1 rings (SSSR count). The van der Waals surface area contributed by atoms with Crippen LogP contribution in [-0.2, 0) is 14.8 Å². The summed E-state index contributed by atoms with van der Waals surface area (Å²) in [6, 6.07) is -0.129. The molecule has 0 aromatic carbocycles. The molecule has 1 atom stereocenters. The molecule has 1 unspecified atom stereocenters. The van der Waals surface area contributed by atoms with Crippen LogP contribution < -0.4 is 10.0 Å². The number of morpholine rings is 1. The van der Waals surface area contributed by atoms with Crippen LogP contribution in [0.2, 0.25) is 0 Å². The summed E-state index contributed by atoms with van der Waals surface area (Å²) in [5, 5.41) is 3.04. The highest BCUT2D eigenvalue weighted by Gasteiger charge is 2.27. The van der Waals surface area contributed by atoms with Crippen LogP contribution in [0.25, 0.3) is 0 Å². The van der Waals surface area contributed by atoms with Gasteiger partial charge in [-0.15, -0.1) is 0 Å². The van der Waals surface area contributed by atoms with Gasteiger partial charge in [-0.05, 0) is 6.42 Å². The van der Waals surface area contributed by atoms with E-state index < -0.39 is 34.8 Å². The number of halogens is 3. The molecule has 1 heterocycles. The monoisotopic (exact) mass is 290 g/mol. The summed E-state index contributed by atoms with van der Waals surface area (Å²) in [7, 11) is -3.65. The summed E-state index contributed by atoms with van der Waals surface area (Å²) in [6.07, 6.45) is -5.82. The van der Waals surface area contributed by atoms with Gasteiger partial charge < -0.3 is 10.1 Å². The van der Waals surface area contributed by atoms with Gasteiger partial charge in [0.1, 0.15) is 0 Å². The minimum Gasteiger partial charge on any atom is -0.378 e. The molecule has 1 aliphatic heterocycles. The van der Waals surface area contributed by atoms with Gasteiger partial charge >= 0.3 is 6.18 Å². The van der Waals surface area contributed by atoms with Crippen LogP contribution >= 0.6 is 0 Å². The van der Waals surface area contributed by atoms with Gasteiger partial charge in [-0.1, -0.05) is 0 Å². The zero-order chi connectivity index (χ0) is 13.6. The zero-order valence-corrected chi connectivity index (χ0v) is 10.6. The lowest BCUT2D eigenvalue weighted by Gasteiger charge is -2.23. The van der Waals surface area contributed by atoms with Crippen LogP contribution in [0.4, 0.5) is 13.2 Å². The normalized spacial score (nSPS) is 22.1. The van der Waals surface area contributed by atoms with E-state index in [1.54, 1.807) is 0 Å². The quantitative estimate of drug-likeness (QED) is 0.735. The molecule has 0 aromatic heterocycles. The van der Waals surface area contributed by atoms with Gasteiger partial charge in [-0.2, -0.15) is 13.2 Å². The summed E-state index contributed by atoms with van der Waals surface area (Å²) < 4.78 is 65.8. The second-order valence-electron chi connectivity index (χ2n) is 4.11. The Kier molecular flexibility index (Phi) is 5.83. The van der Waals surface area contributed by atoms with Crippen LogP contribution in [0.15, 0.2) is 0 Å². The molecule has 0 aromatic rings. The topological polar surface area (TPSA) is 67.4 Å². The largest absolute Gasteiger partial charge is 0.389 e. The van der Waals surface area contributed by atoms with Gasteiger partial charge in [-0.25, -0.2) is 13.1 Å². The Balaban J connectivity index is 2.22. The number of ether oxygens (including phenoxy) is 1. The molecule has 1 fully saturated rings. The highest BCUT2D eigenvalue weighted by Crippen LogP contribution is 2.21. The van der Waals surface area contributed by atoms with Gasteiger partial charge in [-0.3, -0.25) is 0 Å². The third-order valence-corrected chi connectivity index (χ3v) is 3.85. The minimum absolute atomic E-state index is 0.129. The predicted octanol–water partition coefficient (Wildman–Crippen LogP) is 0.237. The Morgan fingerprint density at radius 2 is 2.11 bits per heavy atom. The first-order valence-corrected chi connectivity index (χ1v) is 7.29. The maximum atomic E-state index is 11.9. The number of rotatable bonds is 6. The Morgan fingerprint density at radius 1 is 1.39 bits per heavy atom. The van der Waals surface area contributed by atoms with Crippen LogP contribution in [0.1, 0.15) is 12.8 Å². The lowest BCUT2D eigenvalue weighted by atomic mass is 10.3. The van der Waals surface area contributed by atoms with Crippen molar-refractivity contribution in [3.8, 4) is 0 Å². The number of hydrogen-bond acceptors (Lipinski definition) is 4. The van der Waals surface area contributed by atoms with E-state index in [4.69, 9.17) is 4.74 Å². The second-order valence-corrected chi connectivity index (χ2v) is 6.04. The fourth-order valence-corrected chi connectivity index (χ4v) is 2.64. The Labute approximate surface area is 104 Å². The number of nitrogens with one attached hydrogen (secondary N) is 2. The van der Waals surface area contributed by atoms with Gasteiger partial charge in [0, 0.05) is 25.6 Å². The fourth-order valence-electron chi connectivity index (χ4n) is 1.51. The van der Waals surface area contributed by atoms with E-state index in [2.05, 4.69) is 10.0 Å². The summed E-state index contributed by atoms with van der Waals surface area (Å²) in [5.41, 5.74) is 0. The molecule has 0 spiro atoms. The SMILES string of the molecule is O=S(=O)(CCCC(F)(F)F)NCC1COCCN1. The Hall–Kier alpha value is -0.380. The predicted molar refractivity (Wildman–Crippen MR) is 59.7 cm³/mol. The Bertz CT molecular complexity index is 339. The third kappa shape index (κ3) is 7.14. The second kappa shape index (κ2) is 6.69. The minimum atomic E-state index is -4.31. The van der Waals surface area contributed by atoms with Crippen molar-refractivity contribution in [2.45, 2.75) is 25.1 Å². The molecule has 0 bridgehead atoms. The third-order valence-electron chi connectivity index (χ3n) is 2.42. The Morgan fingerprint density at radius 3 is 2.67 bits per heavy atom. The van der Waals surface area contributed by atoms with Crippen molar-refractivity contribution in [3.63, 3.8) is 0 Å². The van der Waals surface area contributed by atoms with Crippen molar-refractivity contribution in [2.75, 3.05) is 32.1 Å². The molecule has 0 saturated carbocycles. The standard InChI is InChI=1S/C9H17F3N2O3S/c10-9(11,12)2-1-5-18(15,16)14-6-8-7-17-4-3-13-8/h8,13-14H,1-7H2. The molecular formula is C9H17F3N2O3S. The number of sulfonamides is 1. The smallest absolute Gasteiger partial charge is 0.378 e. The molecule has 5 nitrogen and oxygen atoms in total. The average molecular weight is 290 g/mol. The maximum absolute atomic E-state index is 11.9. The molecule has 0 radical (unpaired) electrons. The molecule has 0 amide bonds. The lowest BCUT2D eigenvalue weighted by Crippen LogP contribution is -2.48. The molecule has 1 saturated heterocycles. The summed E-state index contributed by atoms with van der Waals surface area (Å²) in [5.74, 6) is -0.514. The molecule has 108 valence electrons. The summed E-state index contributed by atoms with van der Waals surface area (Å²) in [6.45, 7) is 1.74.